The van der Waals surface area contributed by atoms with Gasteiger partial charge in [-0.15, -0.1) is 0 Å². The van der Waals surface area contributed by atoms with Crippen molar-refractivity contribution in [2.75, 3.05) is 5.32 Å². The molecule has 1 heterocycles. The standard InChI is InChI=1S/C13H12N2O2/c1-10-6-2-3-7-11(10)15-13(16)17-12-8-4-5-9-14-12/h2-9H,1H3,(H,15,16). The summed E-state index contributed by atoms with van der Waals surface area (Å²) >= 11 is 0. The van der Waals surface area contributed by atoms with E-state index in [0.717, 1.165) is 11.3 Å². The second-order valence-electron chi connectivity index (χ2n) is 3.50. The van der Waals surface area contributed by atoms with E-state index in [1.807, 2.05) is 31.2 Å². The molecule has 0 unspecified atom stereocenters. The van der Waals surface area contributed by atoms with Crippen molar-refractivity contribution in [3.63, 3.8) is 0 Å². The molecular weight excluding hydrogens is 216 g/mol. The van der Waals surface area contributed by atoms with Gasteiger partial charge in [0, 0.05) is 18.0 Å². The summed E-state index contributed by atoms with van der Waals surface area (Å²) in [6.07, 6.45) is 1.02. The highest BCUT2D eigenvalue weighted by Crippen LogP contribution is 2.14. The predicted molar refractivity (Wildman–Crippen MR) is 65.1 cm³/mol. The molecule has 86 valence electrons. The smallest absolute Gasteiger partial charge is 0.391 e. The third kappa shape index (κ3) is 3.04. The lowest BCUT2D eigenvalue weighted by Gasteiger charge is -2.07. The van der Waals surface area contributed by atoms with Crippen molar-refractivity contribution in [3.8, 4) is 5.88 Å². The van der Waals surface area contributed by atoms with Crippen LogP contribution in [-0.2, 0) is 0 Å². The number of carbonyl (C=O) groups excluding carboxylic acids is 1. The summed E-state index contributed by atoms with van der Waals surface area (Å²) in [4.78, 5) is 15.5. The van der Waals surface area contributed by atoms with Crippen LogP contribution < -0.4 is 10.1 Å². The number of rotatable bonds is 2. The van der Waals surface area contributed by atoms with Crippen LogP contribution in [-0.4, -0.2) is 11.1 Å². The molecule has 2 rings (SSSR count). The molecule has 0 atom stereocenters. The number of anilines is 1. The number of pyridine rings is 1. The van der Waals surface area contributed by atoms with Crippen LogP contribution in [0.25, 0.3) is 0 Å². The summed E-state index contributed by atoms with van der Waals surface area (Å²) in [6, 6.07) is 12.6. The van der Waals surface area contributed by atoms with E-state index < -0.39 is 6.09 Å². The summed E-state index contributed by atoms with van der Waals surface area (Å²) in [5.74, 6) is 0.276. The first-order chi connectivity index (χ1) is 8.25. The number of carbonyl (C=O) groups is 1. The van der Waals surface area contributed by atoms with Gasteiger partial charge in [0.05, 0.1) is 0 Å². The van der Waals surface area contributed by atoms with E-state index in [1.54, 1.807) is 24.4 Å². The normalized spacial score (nSPS) is 9.71. The Bertz CT molecular complexity index is 512. The van der Waals surface area contributed by atoms with E-state index in [0.29, 0.717) is 0 Å². The zero-order chi connectivity index (χ0) is 12.1. The van der Waals surface area contributed by atoms with Crippen molar-refractivity contribution in [1.82, 2.24) is 4.98 Å². The van der Waals surface area contributed by atoms with Gasteiger partial charge in [-0.3, -0.25) is 5.32 Å². The number of ether oxygens (including phenoxy) is 1. The van der Waals surface area contributed by atoms with E-state index >= 15 is 0 Å². The fraction of sp³-hybridized carbons (Fsp3) is 0.0769. The maximum atomic E-state index is 11.6. The molecule has 0 bridgehead atoms. The maximum absolute atomic E-state index is 11.6. The molecule has 4 heteroatoms. The zero-order valence-electron chi connectivity index (χ0n) is 9.38. The number of aryl methyl sites for hydroxylation is 1. The molecule has 1 aromatic heterocycles. The lowest BCUT2D eigenvalue weighted by atomic mass is 10.2. The number of hydrogen-bond acceptors (Lipinski definition) is 3. The number of nitrogens with zero attached hydrogens (tertiary/aromatic N) is 1. The van der Waals surface area contributed by atoms with Gasteiger partial charge < -0.3 is 4.74 Å². The first-order valence-corrected chi connectivity index (χ1v) is 5.21. The quantitative estimate of drug-likeness (QED) is 0.859. The Balaban J connectivity index is 2.01. The molecule has 0 aliphatic rings. The van der Waals surface area contributed by atoms with E-state index in [9.17, 15) is 4.79 Å². The Kier molecular flexibility index (Phi) is 3.35. The molecule has 0 saturated carbocycles. The van der Waals surface area contributed by atoms with E-state index in [1.165, 1.54) is 0 Å². The molecule has 0 spiro atoms. The van der Waals surface area contributed by atoms with Crippen molar-refractivity contribution in [2.45, 2.75) is 6.92 Å². The first kappa shape index (κ1) is 11.1. The van der Waals surface area contributed by atoms with Crippen molar-refractivity contribution in [2.24, 2.45) is 0 Å². The van der Waals surface area contributed by atoms with Gasteiger partial charge in [0.25, 0.3) is 0 Å². The molecule has 17 heavy (non-hydrogen) atoms. The summed E-state index contributed by atoms with van der Waals surface area (Å²) < 4.78 is 5.01. The van der Waals surface area contributed by atoms with Gasteiger partial charge in [0.2, 0.25) is 5.88 Å². The summed E-state index contributed by atoms with van der Waals surface area (Å²) in [7, 11) is 0. The number of hydrogen-bond donors (Lipinski definition) is 1. The molecule has 0 radical (unpaired) electrons. The number of nitrogens with one attached hydrogen (secondary N) is 1. The van der Waals surface area contributed by atoms with Gasteiger partial charge in [0.1, 0.15) is 0 Å². The fourth-order valence-electron chi connectivity index (χ4n) is 1.35. The molecule has 0 aliphatic carbocycles. The Labute approximate surface area is 99.3 Å². The number of aromatic nitrogens is 1. The minimum Gasteiger partial charge on any atom is -0.391 e. The third-order valence-electron chi connectivity index (χ3n) is 2.22. The maximum Gasteiger partial charge on any atom is 0.418 e. The second-order valence-corrected chi connectivity index (χ2v) is 3.50. The van der Waals surface area contributed by atoms with Crippen LogP contribution in [0.5, 0.6) is 5.88 Å². The number of benzene rings is 1. The summed E-state index contributed by atoms with van der Waals surface area (Å²) in [5, 5.41) is 2.66. The lowest BCUT2D eigenvalue weighted by molar-refractivity contribution is 0.213. The van der Waals surface area contributed by atoms with Crippen molar-refractivity contribution in [1.29, 1.82) is 0 Å². The Morgan fingerprint density at radius 2 is 1.94 bits per heavy atom. The molecule has 2 aromatic rings. The fourth-order valence-corrected chi connectivity index (χ4v) is 1.35. The van der Waals surface area contributed by atoms with Crippen molar-refractivity contribution in [3.05, 3.63) is 54.2 Å². The molecule has 1 aromatic carbocycles. The summed E-state index contributed by atoms with van der Waals surface area (Å²) in [6.45, 7) is 1.91. The number of para-hydroxylation sites is 1. The Morgan fingerprint density at radius 1 is 1.18 bits per heavy atom. The van der Waals surface area contributed by atoms with Crippen LogP contribution in [0.15, 0.2) is 48.7 Å². The molecule has 0 fully saturated rings. The zero-order valence-corrected chi connectivity index (χ0v) is 9.38. The monoisotopic (exact) mass is 228 g/mol. The average Bonchev–Trinajstić information content (AvgIpc) is 2.33. The minimum absolute atomic E-state index is 0.276. The van der Waals surface area contributed by atoms with Gasteiger partial charge in [-0.25, -0.2) is 9.78 Å². The molecule has 1 N–H and O–H groups in total. The molecule has 0 saturated heterocycles. The van der Waals surface area contributed by atoms with Crippen LogP contribution in [0.2, 0.25) is 0 Å². The van der Waals surface area contributed by atoms with E-state index in [4.69, 9.17) is 4.74 Å². The first-order valence-electron chi connectivity index (χ1n) is 5.21. The topological polar surface area (TPSA) is 51.2 Å². The van der Waals surface area contributed by atoms with Gasteiger partial charge in [0.15, 0.2) is 0 Å². The highest BCUT2D eigenvalue weighted by molar-refractivity contribution is 5.86. The predicted octanol–water partition coefficient (Wildman–Crippen LogP) is 3.00. The van der Waals surface area contributed by atoms with Gasteiger partial charge in [-0.05, 0) is 24.6 Å². The summed E-state index contributed by atoms with van der Waals surface area (Å²) in [5.41, 5.74) is 1.71. The highest BCUT2D eigenvalue weighted by atomic mass is 16.6. The lowest BCUT2D eigenvalue weighted by Crippen LogP contribution is -2.17. The van der Waals surface area contributed by atoms with Crippen LogP contribution in [0.4, 0.5) is 10.5 Å². The van der Waals surface area contributed by atoms with Gasteiger partial charge >= 0.3 is 6.09 Å². The van der Waals surface area contributed by atoms with E-state index in [-0.39, 0.29) is 5.88 Å². The molecule has 0 aliphatic heterocycles. The van der Waals surface area contributed by atoms with E-state index in [2.05, 4.69) is 10.3 Å². The Morgan fingerprint density at radius 3 is 2.65 bits per heavy atom. The van der Waals surface area contributed by atoms with Crippen LogP contribution in [0.1, 0.15) is 5.56 Å². The largest absolute Gasteiger partial charge is 0.418 e. The van der Waals surface area contributed by atoms with Gasteiger partial charge in [-0.1, -0.05) is 24.3 Å². The minimum atomic E-state index is -0.544. The van der Waals surface area contributed by atoms with Gasteiger partial charge in [-0.2, -0.15) is 0 Å². The molecule has 1 amide bonds. The van der Waals surface area contributed by atoms with Crippen molar-refractivity contribution >= 4 is 11.8 Å². The van der Waals surface area contributed by atoms with Crippen LogP contribution in [0, 0.1) is 6.92 Å². The van der Waals surface area contributed by atoms with Crippen molar-refractivity contribution < 1.29 is 9.53 Å². The van der Waals surface area contributed by atoms with Crippen LogP contribution >= 0.6 is 0 Å². The highest BCUT2D eigenvalue weighted by Gasteiger charge is 2.06. The average molecular weight is 228 g/mol. The second kappa shape index (κ2) is 5.12. The number of amides is 1. The molecule has 4 nitrogen and oxygen atoms in total. The molecular formula is C13H12N2O2. The SMILES string of the molecule is Cc1ccccc1NC(=O)Oc1ccccn1. The third-order valence-corrected chi connectivity index (χ3v) is 2.22. The van der Waals surface area contributed by atoms with Crippen LogP contribution in [0.3, 0.4) is 0 Å². The Hall–Kier alpha value is -2.36.